The highest BCUT2D eigenvalue weighted by atomic mass is 79.9. The van der Waals surface area contributed by atoms with Crippen molar-refractivity contribution in [2.24, 2.45) is 0 Å². The Morgan fingerprint density at radius 1 is 1.19 bits per heavy atom. The van der Waals surface area contributed by atoms with Crippen LogP contribution in [-0.2, 0) is 16.1 Å². The SMILES string of the molecule is COc1ccc(CN(C(=O)COC(=O)c2cc(Br)ccc2N)C2CC2)cc1. The van der Waals surface area contributed by atoms with Gasteiger partial charge in [0.2, 0.25) is 0 Å². The number of halogens is 1. The van der Waals surface area contributed by atoms with E-state index in [0.29, 0.717) is 16.7 Å². The highest BCUT2D eigenvalue weighted by Gasteiger charge is 2.33. The van der Waals surface area contributed by atoms with Crippen molar-refractivity contribution in [3.63, 3.8) is 0 Å². The first kappa shape index (κ1) is 19.2. The van der Waals surface area contributed by atoms with Gasteiger partial charge in [0.15, 0.2) is 6.61 Å². The Labute approximate surface area is 166 Å². The summed E-state index contributed by atoms with van der Waals surface area (Å²) < 4.78 is 11.1. The molecule has 1 fully saturated rings. The van der Waals surface area contributed by atoms with Crippen molar-refractivity contribution in [3.05, 3.63) is 58.1 Å². The third-order valence-corrected chi connectivity index (χ3v) is 4.88. The van der Waals surface area contributed by atoms with E-state index in [0.717, 1.165) is 24.2 Å². The molecule has 0 atom stereocenters. The van der Waals surface area contributed by atoms with E-state index in [2.05, 4.69) is 15.9 Å². The smallest absolute Gasteiger partial charge is 0.340 e. The van der Waals surface area contributed by atoms with Gasteiger partial charge in [-0.2, -0.15) is 0 Å². The second kappa shape index (κ2) is 8.43. The summed E-state index contributed by atoms with van der Waals surface area (Å²) >= 11 is 3.30. The van der Waals surface area contributed by atoms with Gasteiger partial charge in [-0.15, -0.1) is 0 Å². The predicted octanol–water partition coefficient (Wildman–Crippen LogP) is 3.39. The van der Waals surface area contributed by atoms with Gasteiger partial charge in [-0.25, -0.2) is 4.79 Å². The number of anilines is 1. The molecule has 0 aromatic heterocycles. The van der Waals surface area contributed by atoms with E-state index < -0.39 is 5.97 Å². The minimum Gasteiger partial charge on any atom is -0.497 e. The molecule has 0 heterocycles. The van der Waals surface area contributed by atoms with E-state index in [4.69, 9.17) is 15.2 Å². The van der Waals surface area contributed by atoms with Gasteiger partial charge in [-0.3, -0.25) is 4.79 Å². The molecule has 1 aliphatic rings. The lowest BCUT2D eigenvalue weighted by molar-refractivity contribution is -0.135. The Balaban J connectivity index is 1.61. The van der Waals surface area contributed by atoms with Crippen molar-refractivity contribution in [1.29, 1.82) is 0 Å². The number of nitrogens with zero attached hydrogens (tertiary/aromatic N) is 1. The van der Waals surface area contributed by atoms with E-state index >= 15 is 0 Å². The molecule has 0 aliphatic heterocycles. The summed E-state index contributed by atoms with van der Waals surface area (Å²) in [4.78, 5) is 26.6. The molecule has 7 heteroatoms. The first-order chi connectivity index (χ1) is 13.0. The van der Waals surface area contributed by atoms with Crippen LogP contribution in [0.1, 0.15) is 28.8 Å². The molecule has 6 nitrogen and oxygen atoms in total. The maximum atomic E-state index is 12.6. The van der Waals surface area contributed by atoms with Crippen LogP contribution < -0.4 is 10.5 Å². The second-order valence-corrected chi connectivity index (χ2v) is 7.32. The summed E-state index contributed by atoms with van der Waals surface area (Å²) in [7, 11) is 1.61. The molecule has 2 aromatic rings. The predicted molar refractivity (Wildman–Crippen MR) is 105 cm³/mol. The topological polar surface area (TPSA) is 81.9 Å². The number of hydrogen-bond acceptors (Lipinski definition) is 5. The van der Waals surface area contributed by atoms with Crippen LogP contribution in [0.2, 0.25) is 0 Å². The van der Waals surface area contributed by atoms with Crippen molar-refractivity contribution in [2.75, 3.05) is 19.5 Å². The third-order valence-electron chi connectivity index (χ3n) is 4.38. The number of amides is 1. The van der Waals surface area contributed by atoms with Crippen LogP contribution in [0.3, 0.4) is 0 Å². The van der Waals surface area contributed by atoms with E-state index in [9.17, 15) is 9.59 Å². The van der Waals surface area contributed by atoms with Crippen molar-refractivity contribution in [1.82, 2.24) is 4.90 Å². The highest BCUT2D eigenvalue weighted by Crippen LogP contribution is 2.29. The number of carbonyl (C=O) groups excluding carboxylic acids is 2. The van der Waals surface area contributed by atoms with E-state index in [1.165, 1.54) is 0 Å². The fourth-order valence-electron chi connectivity index (χ4n) is 2.73. The maximum Gasteiger partial charge on any atom is 0.340 e. The largest absolute Gasteiger partial charge is 0.497 e. The summed E-state index contributed by atoms with van der Waals surface area (Å²) in [6.45, 7) is 0.168. The highest BCUT2D eigenvalue weighted by molar-refractivity contribution is 9.10. The van der Waals surface area contributed by atoms with Crippen LogP contribution >= 0.6 is 15.9 Å². The first-order valence-electron chi connectivity index (χ1n) is 8.62. The molecule has 0 unspecified atom stereocenters. The van der Waals surface area contributed by atoms with Gasteiger partial charge in [-0.05, 0) is 48.7 Å². The maximum absolute atomic E-state index is 12.6. The molecule has 1 saturated carbocycles. The van der Waals surface area contributed by atoms with Crippen molar-refractivity contribution in [3.8, 4) is 5.75 Å². The van der Waals surface area contributed by atoms with Crippen molar-refractivity contribution < 1.29 is 19.1 Å². The Bertz CT molecular complexity index is 834. The zero-order valence-corrected chi connectivity index (χ0v) is 16.6. The zero-order chi connectivity index (χ0) is 19.4. The van der Waals surface area contributed by atoms with Gasteiger partial charge in [0.05, 0.1) is 12.7 Å². The van der Waals surface area contributed by atoms with E-state index in [1.54, 1.807) is 30.2 Å². The minimum absolute atomic E-state index is 0.203. The number of nitrogens with two attached hydrogens (primary N) is 1. The number of esters is 1. The number of carbonyl (C=O) groups is 2. The third kappa shape index (κ3) is 5.01. The molecular formula is C20H21BrN2O4. The van der Waals surface area contributed by atoms with Gasteiger partial charge in [0.1, 0.15) is 5.75 Å². The Hall–Kier alpha value is -2.54. The minimum atomic E-state index is -0.609. The average molecular weight is 433 g/mol. The number of nitrogen functional groups attached to an aromatic ring is 1. The van der Waals surface area contributed by atoms with Gasteiger partial charge < -0.3 is 20.1 Å². The van der Waals surface area contributed by atoms with Crippen LogP contribution in [0.25, 0.3) is 0 Å². The van der Waals surface area contributed by atoms with Crippen LogP contribution in [0.5, 0.6) is 5.75 Å². The number of methoxy groups -OCH3 is 1. The standard InChI is InChI=1S/C20H21BrN2O4/c1-26-16-7-2-13(3-8-16)11-23(15-5-6-15)19(24)12-27-20(25)17-10-14(21)4-9-18(17)22/h2-4,7-10,15H,5-6,11-12,22H2,1H3. The summed E-state index contributed by atoms with van der Waals surface area (Å²) in [5.41, 5.74) is 7.37. The number of rotatable bonds is 7. The molecule has 1 aliphatic carbocycles. The summed E-state index contributed by atoms with van der Waals surface area (Å²) in [5.74, 6) is -0.0545. The monoisotopic (exact) mass is 432 g/mol. The Kier molecular flexibility index (Phi) is 6.01. The molecule has 2 aromatic carbocycles. The molecule has 0 radical (unpaired) electrons. The van der Waals surface area contributed by atoms with Gasteiger partial charge in [0.25, 0.3) is 5.91 Å². The number of ether oxygens (including phenoxy) is 2. The van der Waals surface area contributed by atoms with Crippen molar-refractivity contribution >= 4 is 33.5 Å². The van der Waals surface area contributed by atoms with Crippen LogP contribution in [-0.4, -0.2) is 36.5 Å². The lowest BCUT2D eigenvalue weighted by Gasteiger charge is -2.22. The van der Waals surface area contributed by atoms with E-state index in [-0.39, 0.29) is 24.1 Å². The molecule has 1 amide bonds. The average Bonchev–Trinajstić information content (AvgIpc) is 3.51. The normalized spacial score (nSPS) is 13.1. The lowest BCUT2D eigenvalue weighted by Crippen LogP contribution is -2.36. The Morgan fingerprint density at radius 3 is 2.52 bits per heavy atom. The first-order valence-corrected chi connectivity index (χ1v) is 9.42. The zero-order valence-electron chi connectivity index (χ0n) is 15.0. The number of benzene rings is 2. The molecule has 0 bridgehead atoms. The van der Waals surface area contributed by atoms with E-state index in [1.807, 2.05) is 24.3 Å². The molecule has 2 N–H and O–H groups in total. The lowest BCUT2D eigenvalue weighted by atomic mass is 10.2. The van der Waals surface area contributed by atoms with Crippen molar-refractivity contribution in [2.45, 2.75) is 25.4 Å². The molecule has 0 saturated heterocycles. The molecule has 142 valence electrons. The van der Waals surface area contributed by atoms with Gasteiger partial charge in [-0.1, -0.05) is 28.1 Å². The van der Waals surface area contributed by atoms with Crippen LogP contribution in [0.15, 0.2) is 46.9 Å². The molecular weight excluding hydrogens is 412 g/mol. The Morgan fingerprint density at radius 2 is 1.89 bits per heavy atom. The summed E-state index contributed by atoms with van der Waals surface area (Å²) in [5, 5.41) is 0. The van der Waals surface area contributed by atoms with Crippen LogP contribution in [0.4, 0.5) is 5.69 Å². The van der Waals surface area contributed by atoms with Gasteiger partial charge >= 0.3 is 5.97 Å². The second-order valence-electron chi connectivity index (χ2n) is 6.41. The quantitative estimate of drug-likeness (QED) is 0.535. The fourth-order valence-corrected chi connectivity index (χ4v) is 3.09. The number of hydrogen-bond donors (Lipinski definition) is 1. The summed E-state index contributed by atoms with van der Waals surface area (Å²) in [6, 6.07) is 12.7. The van der Waals surface area contributed by atoms with Gasteiger partial charge in [0, 0.05) is 22.7 Å². The summed E-state index contributed by atoms with van der Waals surface area (Å²) in [6.07, 6.45) is 1.93. The van der Waals surface area contributed by atoms with Crippen LogP contribution in [0, 0.1) is 0 Å². The molecule has 3 rings (SSSR count). The fraction of sp³-hybridized carbons (Fsp3) is 0.300. The molecule has 27 heavy (non-hydrogen) atoms. The molecule has 0 spiro atoms.